The van der Waals surface area contributed by atoms with Crippen LogP contribution in [0.5, 0.6) is 5.75 Å². The number of carbonyl (C=O) groups excluding carboxylic acids is 6. The molecule has 0 radical (unpaired) electrons. The molecule has 5 amide bonds. The maximum Gasteiger partial charge on any atom is 0.414 e. The van der Waals surface area contributed by atoms with Gasteiger partial charge in [-0.1, -0.05) is 30.4 Å². The standard InChI is InChI=1S/C36H52N6O10/c1-23(43)38-28-21-24-15-17-26(18-16-24)50-20-12-10-13-25(22-29(44)49-8)39-30(45)27(40-31(28)46)14-9-11-19-37-32(41-33(47)51-35(2,3)4)42-34(48)52-36(5,6)7/h10,12,14-18,25,28H,9,11,13,19-22H2,1-8H3,(H,38,43)(H,39,45)(H,40,46)(H2,37,41,42,47,48)/b12-10-,27-14+/t25-,28-/m0/s1. The molecule has 2 aliphatic rings. The first-order valence-electron chi connectivity index (χ1n) is 16.9. The second-order valence-corrected chi connectivity index (χ2v) is 13.8. The van der Waals surface area contributed by atoms with E-state index in [4.69, 9.17) is 18.9 Å². The molecule has 1 aromatic rings. The number of rotatable bonds is 7. The van der Waals surface area contributed by atoms with E-state index in [1.54, 1.807) is 78.0 Å². The summed E-state index contributed by atoms with van der Waals surface area (Å²) in [6.07, 6.45) is 4.04. The lowest BCUT2D eigenvalue weighted by Crippen LogP contribution is -2.49. The topological polar surface area (TPSA) is 212 Å². The summed E-state index contributed by atoms with van der Waals surface area (Å²) in [6, 6.07) is 5.33. The number of methoxy groups -OCH3 is 1. The van der Waals surface area contributed by atoms with E-state index in [1.165, 1.54) is 20.1 Å². The number of aliphatic imine (C=N–C) groups is 1. The zero-order chi connectivity index (χ0) is 38.9. The largest absolute Gasteiger partial charge is 0.490 e. The number of esters is 1. The number of amides is 5. The molecule has 2 bridgehead atoms. The van der Waals surface area contributed by atoms with Crippen LogP contribution in [0.15, 0.2) is 53.2 Å². The number of unbranched alkanes of at least 4 members (excludes halogenated alkanes) is 1. The Morgan fingerprint density at radius 3 is 2.13 bits per heavy atom. The maximum absolute atomic E-state index is 13.6. The van der Waals surface area contributed by atoms with Gasteiger partial charge in [0.05, 0.1) is 13.5 Å². The van der Waals surface area contributed by atoms with Gasteiger partial charge in [0, 0.05) is 25.9 Å². The Morgan fingerprint density at radius 1 is 0.962 bits per heavy atom. The fraction of sp³-hybridized carbons (Fsp3) is 0.528. The quantitative estimate of drug-likeness (QED) is 0.0526. The molecule has 0 saturated heterocycles. The summed E-state index contributed by atoms with van der Waals surface area (Å²) in [5.41, 5.74) is -1.01. The lowest BCUT2D eigenvalue weighted by Gasteiger charge is -2.22. The lowest BCUT2D eigenvalue weighted by atomic mass is 10.0. The van der Waals surface area contributed by atoms with Crippen molar-refractivity contribution in [1.29, 1.82) is 0 Å². The van der Waals surface area contributed by atoms with Crippen LogP contribution in [0, 0.1) is 0 Å². The van der Waals surface area contributed by atoms with Crippen LogP contribution in [0.25, 0.3) is 0 Å². The van der Waals surface area contributed by atoms with Crippen molar-refractivity contribution in [3.8, 4) is 5.75 Å². The Kier molecular flexibility index (Phi) is 16.8. The summed E-state index contributed by atoms with van der Waals surface area (Å²) >= 11 is 0. The first kappa shape index (κ1) is 42.8. The summed E-state index contributed by atoms with van der Waals surface area (Å²) in [4.78, 5) is 80.5. The molecule has 2 atom stereocenters. The van der Waals surface area contributed by atoms with Crippen LogP contribution in [0.1, 0.15) is 79.7 Å². The van der Waals surface area contributed by atoms with Crippen LogP contribution in [0.4, 0.5) is 9.59 Å². The Hall–Kier alpha value is -5.41. The highest BCUT2D eigenvalue weighted by atomic mass is 16.6. The Morgan fingerprint density at radius 2 is 1.58 bits per heavy atom. The second kappa shape index (κ2) is 20.4. The molecular formula is C36H52N6O10. The van der Waals surface area contributed by atoms with Crippen LogP contribution in [-0.4, -0.2) is 85.4 Å². The third kappa shape index (κ3) is 18.0. The highest BCUT2D eigenvalue weighted by Crippen LogP contribution is 2.15. The number of nitrogens with one attached hydrogen (secondary N) is 5. The first-order chi connectivity index (χ1) is 24.3. The third-order valence-electron chi connectivity index (χ3n) is 6.69. The molecule has 16 nitrogen and oxygen atoms in total. The number of fused-ring (bicyclic) bond motifs is 13. The van der Waals surface area contributed by atoms with E-state index < -0.39 is 59.2 Å². The van der Waals surface area contributed by atoms with Gasteiger partial charge >= 0.3 is 18.2 Å². The molecule has 0 spiro atoms. The Labute approximate surface area is 304 Å². The van der Waals surface area contributed by atoms with Crippen LogP contribution in [-0.2, 0) is 39.8 Å². The molecule has 0 aromatic heterocycles. The molecule has 1 aromatic carbocycles. The molecule has 0 saturated carbocycles. The fourth-order valence-corrected chi connectivity index (χ4v) is 4.49. The predicted octanol–water partition coefficient (Wildman–Crippen LogP) is 3.31. The smallest absolute Gasteiger partial charge is 0.414 e. The summed E-state index contributed by atoms with van der Waals surface area (Å²) < 4.78 is 21.1. The van der Waals surface area contributed by atoms with E-state index in [0.717, 1.165) is 5.56 Å². The van der Waals surface area contributed by atoms with Crippen LogP contribution >= 0.6 is 0 Å². The van der Waals surface area contributed by atoms with Crippen LogP contribution < -0.4 is 31.3 Å². The maximum atomic E-state index is 13.6. The van der Waals surface area contributed by atoms with E-state index >= 15 is 0 Å². The van der Waals surface area contributed by atoms with Crippen molar-refractivity contribution >= 4 is 41.8 Å². The number of hydrogen-bond donors (Lipinski definition) is 5. The van der Waals surface area contributed by atoms with Crippen molar-refractivity contribution < 1.29 is 47.7 Å². The highest BCUT2D eigenvalue weighted by Gasteiger charge is 2.25. The van der Waals surface area contributed by atoms with Crippen LogP contribution in [0.2, 0.25) is 0 Å². The van der Waals surface area contributed by atoms with Crippen molar-refractivity contribution in [1.82, 2.24) is 26.6 Å². The van der Waals surface area contributed by atoms with E-state index in [0.29, 0.717) is 5.75 Å². The summed E-state index contributed by atoms with van der Waals surface area (Å²) in [7, 11) is 1.24. The van der Waals surface area contributed by atoms with Gasteiger partial charge in [0.1, 0.15) is 35.3 Å². The third-order valence-corrected chi connectivity index (χ3v) is 6.69. The number of alkyl carbamates (subject to hydrolysis) is 2. The van der Waals surface area contributed by atoms with Gasteiger partial charge in [0.25, 0.3) is 5.91 Å². The molecule has 2 heterocycles. The predicted molar refractivity (Wildman–Crippen MR) is 192 cm³/mol. The van der Waals surface area contributed by atoms with Gasteiger partial charge in [-0.3, -0.25) is 34.8 Å². The minimum absolute atomic E-state index is 0.0582. The van der Waals surface area contributed by atoms with Crippen molar-refractivity contribution in [3.63, 3.8) is 0 Å². The highest BCUT2D eigenvalue weighted by molar-refractivity contribution is 6.01. The normalized spacial score (nSPS) is 18.3. The number of nitrogens with zero attached hydrogens (tertiary/aromatic N) is 1. The number of hydrogen-bond acceptors (Lipinski definition) is 11. The molecular weight excluding hydrogens is 676 g/mol. The Balaban J connectivity index is 2.36. The molecule has 2 aliphatic heterocycles. The average molecular weight is 729 g/mol. The molecule has 0 unspecified atom stereocenters. The molecule has 5 N–H and O–H groups in total. The second-order valence-electron chi connectivity index (χ2n) is 13.8. The molecule has 52 heavy (non-hydrogen) atoms. The molecule has 286 valence electrons. The molecule has 0 fully saturated rings. The minimum Gasteiger partial charge on any atom is -0.490 e. The molecule has 0 aliphatic carbocycles. The van der Waals surface area contributed by atoms with E-state index in [-0.39, 0.29) is 56.9 Å². The molecule has 3 rings (SSSR count). The van der Waals surface area contributed by atoms with Gasteiger partial charge in [0.2, 0.25) is 17.8 Å². The van der Waals surface area contributed by atoms with Gasteiger partial charge < -0.3 is 34.9 Å². The number of benzene rings is 1. The minimum atomic E-state index is -1.03. The SMILES string of the molecule is COC(=O)C[C@@H]1C/C=C\COc2ccc(cc2)C[C@H](NC(C)=O)C(=O)N/C(=C/CCCN=C(NC(=O)OC(C)(C)C)NC(=O)OC(C)(C)C)C(=O)N1. The number of carbonyl (C=O) groups is 6. The van der Waals surface area contributed by atoms with Crippen molar-refractivity contribution in [3.05, 3.63) is 53.8 Å². The monoisotopic (exact) mass is 728 g/mol. The summed E-state index contributed by atoms with van der Waals surface area (Å²) in [5, 5.41) is 12.9. The van der Waals surface area contributed by atoms with Gasteiger partial charge in [-0.15, -0.1) is 0 Å². The van der Waals surface area contributed by atoms with Crippen molar-refractivity contribution in [2.45, 2.75) is 104 Å². The number of ether oxygens (including phenoxy) is 4. The van der Waals surface area contributed by atoms with E-state index in [9.17, 15) is 28.8 Å². The van der Waals surface area contributed by atoms with Crippen LogP contribution in [0.3, 0.4) is 0 Å². The van der Waals surface area contributed by atoms with Gasteiger partial charge in [-0.25, -0.2) is 9.59 Å². The van der Waals surface area contributed by atoms with Crippen molar-refractivity contribution in [2.24, 2.45) is 4.99 Å². The fourth-order valence-electron chi connectivity index (χ4n) is 4.49. The summed E-state index contributed by atoms with van der Waals surface area (Å²) in [6.45, 7) is 11.7. The van der Waals surface area contributed by atoms with E-state index in [1.807, 2.05) is 0 Å². The lowest BCUT2D eigenvalue weighted by molar-refractivity contribution is -0.141. The number of allylic oxidation sites excluding steroid dienone is 1. The van der Waals surface area contributed by atoms with E-state index in [2.05, 4.69) is 31.6 Å². The van der Waals surface area contributed by atoms with Gasteiger partial charge in [-0.05, 0) is 78.5 Å². The van der Waals surface area contributed by atoms with Gasteiger partial charge in [0.15, 0.2) is 0 Å². The molecule has 16 heteroatoms. The Bertz CT molecular complexity index is 1470. The number of guanidine groups is 1. The zero-order valence-corrected chi connectivity index (χ0v) is 31.2. The van der Waals surface area contributed by atoms with Crippen molar-refractivity contribution in [2.75, 3.05) is 20.3 Å². The first-order valence-corrected chi connectivity index (χ1v) is 16.9. The average Bonchev–Trinajstić information content (AvgIpc) is 3.01. The summed E-state index contributed by atoms with van der Waals surface area (Å²) in [5.74, 6) is -1.93. The zero-order valence-electron chi connectivity index (χ0n) is 31.2. The van der Waals surface area contributed by atoms with Gasteiger partial charge in [-0.2, -0.15) is 0 Å².